The van der Waals surface area contributed by atoms with Crippen molar-refractivity contribution in [1.82, 2.24) is 9.55 Å². The molecule has 0 saturated heterocycles. The summed E-state index contributed by atoms with van der Waals surface area (Å²) in [5.74, 6) is 0. The van der Waals surface area contributed by atoms with Gasteiger partial charge in [-0.15, -0.1) is 6.58 Å². The number of nitriles is 1. The van der Waals surface area contributed by atoms with Gasteiger partial charge in [-0.3, -0.25) is 9.36 Å². The van der Waals surface area contributed by atoms with Crippen molar-refractivity contribution in [3.05, 3.63) is 81.6 Å². The fraction of sp³-hybridized carbons (Fsp3) is 0.190. The van der Waals surface area contributed by atoms with E-state index in [-0.39, 0.29) is 10.8 Å². The van der Waals surface area contributed by atoms with Crippen LogP contribution in [-0.4, -0.2) is 14.8 Å². The SMILES string of the molecule is C=CCn1c(S[C@@H](C#N)Cc2ccc(C)cc2)nc2ccc(Cl)cc2c1=O. The van der Waals surface area contributed by atoms with Crippen LogP contribution in [0.5, 0.6) is 0 Å². The first-order valence-corrected chi connectivity index (χ1v) is 9.70. The van der Waals surface area contributed by atoms with Gasteiger partial charge in [0.25, 0.3) is 5.56 Å². The molecule has 0 fully saturated rings. The Morgan fingerprint density at radius 1 is 1.33 bits per heavy atom. The molecule has 0 radical (unpaired) electrons. The molecule has 0 spiro atoms. The minimum absolute atomic E-state index is 0.183. The highest BCUT2D eigenvalue weighted by Crippen LogP contribution is 2.26. The highest BCUT2D eigenvalue weighted by molar-refractivity contribution is 8.00. The molecule has 4 nitrogen and oxygen atoms in total. The Kier molecular flexibility index (Phi) is 6.00. The van der Waals surface area contributed by atoms with Gasteiger partial charge in [0.2, 0.25) is 0 Å². The summed E-state index contributed by atoms with van der Waals surface area (Å²) in [6.45, 7) is 6.07. The summed E-state index contributed by atoms with van der Waals surface area (Å²) < 4.78 is 1.54. The van der Waals surface area contributed by atoms with Crippen LogP contribution in [0, 0.1) is 18.3 Å². The molecule has 0 saturated carbocycles. The largest absolute Gasteiger partial charge is 0.283 e. The molecule has 3 aromatic rings. The summed E-state index contributed by atoms with van der Waals surface area (Å²) >= 11 is 7.32. The normalized spacial score (nSPS) is 11.9. The lowest BCUT2D eigenvalue weighted by Crippen LogP contribution is -2.23. The van der Waals surface area contributed by atoms with Gasteiger partial charge in [-0.05, 0) is 37.1 Å². The standard InChI is InChI=1S/C21H18ClN3OS/c1-3-10-25-20(26)18-12-16(22)8-9-19(18)24-21(25)27-17(13-23)11-15-6-4-14(2)5-7-15/h3-9,12,17H,1,10-11H2,2H3/t17-/m1/s1. The zero-order chi connectivity index (χ0) is 19.4. The first kappa shape index (κ1) is 19.2. The number of nitrogens with zero attached hydrogens (tertiary/aromatic N) is 3. The van der Waals surface area contributed by atoms with Gasteiger partial charge in [-0.2, -0.15) is 5.26 Å². The van der Waals surface area contributed by atoms with Crippen LogP contribution < -0.4 is 5.56 Å². The quantitative estimate of drug-likeness (QED) is 0.342. The summed E-state index contributed by atoms with van der Waals surface area (Å²) in [6, 6.07) is 15.5. The minimum atomic E-state index is -0.361. The highest BCUT2D eigenvalue weighted by atomic mass is 35.5. The number of hydrogen-bond acceptors (Lipinski definition) is 4. The van der Waals surface area contributed by atoms with E-state index in [4.69, 9.17) is 11.6 Å². The third-order valence-electron chi connectivity index (χ3n) is 4.13. The number of aromatic nitrogens is 2. The second kappa shape index (κ2) is 8.43. The summed E-state index contributed by atoms with van der Waals surface area (Å²) in [4.78, 5) is 17.5. The van der Waals surface area contributed by atoms with Crippen LogP contribution >= 0.6 is 23.4 Å². The number of rotatable bonds is 6. The predicted molar refractivity (Wildman–Crippen MR) is 111 cm³/mol. The van der Waals surface area contributed by atoms with E-state index >= 15 is 0 Å². The van der Waals surface area contributed by atoms with Gasteiger partial charge < -0.3 is 0 Å². The Hall–Kier alpha value is -2.55. The summed E-state index contributed by atoms with van der Waals surface area (Å²) in [7, 11) is 0. The molecule has 0 aliphatic heterocycles. The Morgan fingerprint density at radius 3 is 2.74 bits per heavy atom. The van der Waals surface area contributed by atoms with E-state index < -0.39 is 0 Å². The summed E-state index contributed by atoms with van der Waals surface area (Å²) in [5.41, 5.74) is 2.63. The van der Waals surface area contributed by atoms with E-state index in [1.807, 2.05) is 31.2 Å². The Morgan fingerprint density at radius 2 is 2.07 bits per heavy atom. The van der Waals surface area contributed by atoms with Crippen molar-refractivity contribution < 1.29 is 0 Å². The van der Waals surface area contributed by atoms with E-state index in [2.05, 4.69) is 17.6 Å². The van der Waals surface area contributed by atoms with E-state index in [1.54, 1.807) is 24.3 Å². The summed E-state index contributed by atoms with van der Waals surface area (Å²) in [6.07, 6.45) is 2.22. The van der Waals surface area contributed by atoms with Crippen LogP contribution in [0.4, 0.5) is 0 Å². The van der Waals surface area contributed by atoms with Gasteiger partial charge in [0, 0.05) is 11.6 Å². The lowest BCUT2D eigenvalue weighted by molar-refractivity contribution is 0.670. The Balaban J connectivity index is 1.98. The van der Waals surface area contributed by atoms with Crippen LogP contribution in [0.1, 0.15) is 11.1 Å². The Bertz CT molecular complexity index is 1080. The van der Waals surface area contributed by atoms with Gasteiger partial charge >= 0.3 is 0 Å². The van der Waals surface area contributed by atoms with Crippen molar-refractivity contribution >= 4 is 34.3 Å². The van der Waals surface area contributed by atoms with Crippen molar-refractivity contribution in [3.63, 3.8) is 0 Å². The van der Waals surface area contributed by atoms with E-state index in [9.17, 15) is 10.1 Å². The number of hydrogen-bond donors (Lipinski definition) is 0. The fourth-order valence-electron chi connectivity index (χ4n) is 2.73. The van der Waals surface area contributed by atoms with E-state index in [0.717, 1.165) is 5.56 Å². The highest BCUT2D eigenvalue weighted by Gasteiger charge is 2.17. The number of benzene rings is 2. The van der Waals surface area contributed by atoms with Crippen molar-refractivity contribution in [2.45, 2.75) is 30.3 Å². The maximum atomic E-state index is 12.9. The monoisotopic (exact) mass is 395 g/mol. The molecule has 27 heavy (non-hydrogen) atoms. The molecule has 2 aromatic carbocycles. The molecule has 1 aromatic heterocycles. The van der Waals surface area contributed by atoms with Crippen LogP contribution in [0.15, 0.2) is 65.1 Å². The third-order valence-corrected chi connectivity index (χ3v) is 5.44. The fourth-order valence-corrected chi connectivity index (χ4v) is 3.92. The van der Waals surface area contributed by atoms with Crippen LogP contribution in [-0.2, 0) is 13.0 Å². The number of fused-ring (bicyclic) bond motifs is 1. The molecule has 0 aliphatic rings. The lowest BCUT2D eigenvalue weighted by Gasteiger charge is -2.14. The third kappa shape index (κ3) is 4.41. The number of allylic oxidation sites excluding steroid dienone is 1. The second-order valence-electron chi connectivity index (χ2n) is 6.19. The number of aryl methyl sites for hydroxylation is 1. The number of halogens is 1. The maximum absolute atomic E-state index is 12.9. The van der Waals surface area contributed by atoms with Crippen molar-refractivity contribution in [2.24, 2.45) is 0 Å². The predicted octanol–water partition coefficient (Wildman–Crippen LogP) is 4.77. The van der Waals surface area contributed by atoms with E-state index in [0.29, 0.717) is 34.0 Å². The van der Waals surface area contributed by atoms with Crippen molar-refractivity contribution in [2.75, 3.05) is 0 Å². The van der Waals surface area contributed by atoms with Crippen LogP contribution in [0.3, 0.4) is 0 Å². The average molecular weight is 396 g/mol. The second-order valence-corrected chi connectivity index (χ2v) is 7.79. The first-order chi connectivity index (χ1) is 13.0. The van der Waals surface area contributed by atoms with Gasteiger partial charge in [0.05, 0.1) is 17.0 Å². The van der Waals surface area contributed by atoms with Crippen molar-refractivity contribution in [1.29, 1.82) is 5.26 Å². The molecule has 6 heteroatoms. The zero-order valence-corrected chi connectivity index (χ0v) is 16.4. The molecule has 0 aliphatic carbocycles. The van der Waals surface area contributed by atoms with Crippen LogP contribution in [0.25, 0.3) is 10.9 Å². The zero-order valence-electron chi connectivity index (χ0n) is 14.9. The molecule has 0 bridgehead atoms. The maximum Gasteiger partial charge on any atom is 0.262 e. The molecule has 0 amide bonds. The van der Waals surface area contributed by atoms with Gasteiger partial charge in [0.15, 0.2) is 5.16 Å². The smallest absolute Gasteiger partial charge is 0.262 e. The average Bonchev–Trinajstić information content (AvgIpc) is 2.66. The summed E-state index contributed by atoms with van der Waals surface area (Å²) in [5, 5.41) is 10.7. The molecular formula is C21H18ClN3OS. The van der Waals surface area contributed by atoms with Gasteiger partial charge in [-0.25, -0.2) is 4.98 Å². The minimum Gasteiger partial charge on any atom is -0.283 e. The lowest BCUT2D eigenvalue weighted by atomic mass is 10.1. The molecule has 3 rings (SSSR count). The van der Waals surface area contributed by atoms with E-state index in [1.165, 1.54) is 21.9 Å². The molecule has 0 unspecified atom stereocenters. The molecule has 1 heterocycles. The molecule has 1 atom stereocenters. The number of thioether (sulfide) groups is 1. The van der Waals surface area contributed by atoms with Gasteiger partial charge in [-0.1, -0.05) is 59.3 Å². The van der Waals surface area contributed by atoms with Gasteiger partial charge in [0.1, 0.15) is 5.25 Å². The molecular weight excluding hydrogens is 378 g/mol. The Labute approximate surface area is 167 Å². The molecule has 136 valence electrons. The first-order valence-electron chi connectivity index (χ1n) is 8.44. The topological polar surface area (TPSA) is 58.7 Å². The molecule has 0 N–H and O–H groups in total. The van der Waals surface area contributed by atoms with Crippen LogP contribution in [0.2, 0.25) is 5.02 Å². The van der Waals surface area contributed by atoms with Crippen molar-refractivity contribution in [3.8, 4) is 6.07 Å².